The van der Waals surface area contributed by atoms with E-state index >= 15 is 0 Å². The Hall–Kier alpha value is -1.85. The number of methoxy groups -OCH3 is 1. The van der Waals surface area contributed by atoms with Crippen molar-refractivity contribution in [3.8, 4) is 0 Å². The number of hydrogen-bond acceptors (Lipinski definition) is 3. The smallest absolute Gasteiger partial charge is 0.314 e. The molecular weight excluding hydrogens is 344 g/mol. The highest BCUT2D eigenvalue weighted by Gasteiger charge is 2.38. The molecule has 0 spiro atoms. The molecule has 0 fully saturated rings. The van der Waals surface area contributed by atoms with Crippen molar-refractivity contribution in [2.75, 3.05) is 7.11 Å². The number of esters is 1. The molecule has 0 amide bonds. The minimum absolute atomic E-state index is 0.101. The van der Waals surface area contributed by atoms with Crippen LogP contribution in [0, 0.1) is 5.82 Å². The van der Waals surface area contributed by atoms with Gasteiger partial charge in [-0.15, -0.1) is 0 Å². The van der Waals surface area contributed by atoms with Crippen molar-refractivity contribution in [1.82, 2.24) is 4.57 Å². The maximum Gasteiger partial charge on any atom is 0.314 e. The summed E-state index contributed by atoms with van der Waals surface area (Å²) < 4.78 is 19.4. The molecule has 1 aliphatic heterocycles. The summed E-state index contributed by atoms with van der Waals surface area (Å²) in [6, 6.07) is 5.17. The topological polar surface area (TPSA) is 48.3 Å². The summed E-state index contributed by atoms with van der Waals surface area (Å²) in [7, 11) is 1.30. The summed E-state index contributed by atoms with van der Waals surface area (Å²) in [4.78, 5) is 24.6. The Morgan fingerprint density at radius 2 is 1.87 bits per heavy atom. The van der Waals surface area contributed by atoms with Gasteiger partial charge in [-0.25, -0.2) is 4.39 Å². The number of halogens is 3. The zero-order chi connectivity index (χ0) is 16.7. The molecule has 23 heavy (non-hydrogen) atoms. The van der Waals surface area contributed by atoms with E-state index in [2.05, 4.69) is 0 Å². The van der Waals surface area contributed by atoms with Gasteiger partial charge in [-0.3, -0.25) is 9.59 Å². The monoisotopic (exact) mass is 355 g/mol. The van der Waals surface area contributed by atoms with Gasteiger partial charge in [0.1, 0.15) is 17.4 Å². The zero-order valence-electron chi connectivity index (χ0n) is 12.1. The third kappa shape index (κ3) is 2.54. The molecule has 0 saturated heterocycles. The van der Waals surface area contributed by atoms with E-state index in [1.807, 2.05) is 0 Å². The number of ether oxygens (including phenoxy) is 1. The SMILES string of the molecule is COC(=O)C1CCn2c(C(=O)c3ccc(F)cc3)c(Cl)c(Cl)c21. The van der Waals surface area contributed by atoms with E-state index in [0.29, 0.717) is 24.2 Å². The van der Waals surface area contributed by atoms with Crippen molar-refractivity contribution in [3.05, 3.63) is 57.1 Å². The normalized spacial score (nSPS) is 16.3. The number of fused-ring (bicyclic) bond motifs is 1. The van der Waals surface area contributed by atoms with E-state index in [1.54, 1.807) is 4.57 Å². The molecule has 0 bridgehead atoms. The Morgan fingerprint density at radius 3 is 2.48 bits per heavy atom. The maximum absolute atomic E-state index is 13.0. The summed E-state index contributed by atoms with van der Waals surface area (Å²) in [5, 5.41) is 0.287. The van der Waals surface area contributed by atoms with Crippen LogP contribution in [0.1, 0.15) is 34.1 Å². The van der Waals surface area contributed by atoms with E-state index < -0.39 is 17.7 Å². The lowest BCUT2D eigenvalue weighted by Crippen LogP contribution is -2.12. The summed E-state index contributed by atoms with van der Waals surface area (Å²) >= 11 is 12.5. The molecule has 0 radical (unpaired) electrons. The van der Waals surface area contributed by atoms with E-state index in [0.717, 1.165) is 0 Å². The van der Waals surface area contributed by atoms with Gasteiger partial charge in [0.25, 0.3) is 0 Å². The van der Waals surface area contributed by atoms with Gasteiger partial charge in [-0.1, -0.05) is 23.2 Å². The van der Waals surface area contributed by atoms with Crippen LogP contribution in [-0.2, 0) is 16.1 Å². The Labute approximate surface area is 141 Å². The summed E-state index contributed by atoms with van der Waals surface area (Å²) in [6.45, 7) is 0.434. The van der Waals surface area contributed by atoms with Crippen molar-refractivity contribution in [3.63, 3.8) is 0 Å². The van der Waals surface area contributed by atoms with Gasteiger partial charge in [0.2, 0.25) is 5.78 Å². The molecule has 4 nitrogen and oxygen atoms in total. The predicted octanol–water partition coefficient (Wildman–Crippen LogP) is 3.83. The lowest BCUT2D eigenvalue weighted by molar-refractivity contribution is -0.142. The standard InChI is InChI=1S/C16H12Cl2FNO3/c1-23-16(22)10-6-7-20-13(10)11(17)12(18)14(20)15(21)8-2-4-9(19)5-3-8/h2-5,10H,6-7H2,1H3. The fourth-order valence-corrected chi connectivity index (χ4v) is 3.48. The van der Waals surface area contributed by atoms with Crippen LogP contribution in [-0.4, -0.2) is 23.4 Å². The van der Waals surface area contributed by atoms with Crippen LogP contribution in [0.4, 0.5) is 4.39 Å². The van der Waals surface area contributed by atoms with Crippen LogP contribution in [0.25, 0.3) is 0 Å². The van der Waals surface area contributed by atoms with Gasteiger partial charge in [-0.05, 0) is 30.7 Å². The van der Waals surface area contributed by atoms with Crippen LogP contribution < -0.4 is 0 Å². The summed E-state index contributed by atoms with van der Waals surface area (Å²) in [5.41, 5.74) is 1.01. The number of aromatic nitrogens is 1. The molecule has 0 saturated carbocycles. The minimum atomic E-state index is -0.542. The lowest BCUT2D eigenvalue weighted by atomic mass is 10.1. The van der Waals surface area contributed by atoms with Crippen LogP contribution in [0.15, 0.2) is 24.3 Å². The third-order valence-corrected chi connectivity index (χ3v) is 4.81. The number of nitrogens with zero attached hydrogens (tertiary/aromatic N) is 1. The van der Waals surface area contributed by atoms with Crippen molar-refractivity contribution >= 4 is 35.0 Å². The van der Waals surface area contributed by atoms with Gasteiger partial charge in [0.05, 0.1) is 22.8 Å². The molecular formula is C16H12Cl2FNO3. The Morgan fingerprint density at radius 1 is 1.22 bits per heavy atom. The van der Waals surface area contributed by atoms with Crippen molar-refractivity contribution in [2.45, 2.75) is 18.9 Å². The predicted molar refractivity (Wildman–Crippen MR) is 83.7 cm³/mol. The third-order valence-electron chi connectivity index (χ3n) is 3.96. The Balaban J connectivity index is 2.08. The average molecular weight is 356 g/mol. The first-order valence-electron chi connectivity index (χ1n) is 6.91. The van der Waals surface area contributed by atoms with Gasteiger partial charge in [-0.2, -0.15) is 0 Å². The van der Waals surface area contributed by atoms with Crippen LogP contribution in [0.5, 0.6) is 0 Å². The van der Waals surface area contributed by atoms with Gasteiger partial charge < -0.3 is 9.30 Å². The van der Waals surface area contributed by atoms with E-state index in [1.165, 1.54) is 31.4 Å². The van der Waals surface area contributed by atoms with Crippen molar-refractivity contribution in [2.24, 2.45) is 0 Å². The number of carbonyl (C=O) groups excluding carboxylic acids is 2. The molecule has 7 heteroatoms. The fourth-order valence-electron chi connectivity index (χ4n) is 2.87. The van der Waals surface area contributed by atoms with E-state index in [9.17, 15) is 14.0 Å². The zero-order valence-corrected chi connectivity index (χ0v) is 13.6. The molecule has 120 valence electrons. The first-order chi connectivity index (χ1) is 11.0. The van der Waals surface area contributed by atoms with E-state index in [-0.39, 0.29) is 21.5 Å². The second-order valence-electron chi connectivity index (χ2n) is 5.21. The number of carbonyl (C=O) groups is 2. The second kappa shape index (κ2) is 5.98. The highest BCUT2D eigenvalue weighted by atomic mass is 35.5. The van der Waals surface area contributed by atoms with Crippen LogP contribution in [0.3, 0.4) is 0 Å². The van der Waals surface area contributed by atoms with Gasteiger partial charge >= 0.3 is 5.97 Å². The number of rotatable bonds is 3. The summed E-state index contributed by atoms with van der Waals surface area (Å²) in [5.74, 6) is -1.76. The maximum atomic E-state index is 13.0. The second-order valence-corrected chi connectivity index (χ2v) is 5.97. The van der Waals surface area contributed by atoms with Gasteiger partial charge in [0.15, 0.2) is 0 Å². The first kappa shape index (κ1) is 16.0. The Bertz CT molecular complexity index is 799. The number of ketones is 1. The molecule has 1 atom stereocenters. The van der Waals surface area contributed by atoms with Gasteiger partial charge in [0, 0.05) is 12.1 Å². The summed E-state index contributed by atoms with van der Waals surface area (Å²) in [6.07, 6.45) is 0.489. The fraction of sp³-hybridized carbons (Fsp3) is 0.250. The molecule has 1 aromatic heterocycles. The first-order valence-corrected chi connectivity index (χ1v) is 7.66. The molecule has 0 aliphatic carbocycles. The average Bonchev–Trinajstić information content (AvgIpc) is 3.07. The van der Waals surface area contributed by atoms with E-state index in [4.69, 9.17) is 27.9 Å². The number of benzene rings is 1. The molecule has 1 aliphatic rings. The molecule has 2 heterocycles. The highest BCUT2D eigenvalue weighted by molar-refractivity contribution is 6.45. The quantitative estimate of drug-likeness (QED) is 0.621. The van der Waals surface area contributed by atoms with Crippen molar-refractivity contribution < 1.29 is 18.7 Å². The Kier molecular flexibility index (Phi) is 4.17. The van der Waals surface area contributed by atoms with Crippen LogP contribution >= 0.6 is 23.2 Å². The molecule has 1 unspecified atom stereocenters. The molecule has 1 aromatic carbocycles. The molecule has 0 N–H and O–H groups in total. The van der Waals surface area contributed by atoms with Crippen molar-refractivity contribution in [1.29, 1.82) is 0 Å². The largest absolute Gasteiger partial charge is 0.469 e. The molecule has 2 aromatic rings. The minimum Gasteiger partial charge on any atom is -0.469 e. The van der Waals surface area contributed by atoms with Crippen LogP contribution in [0.2, 0.25) is 10.0 Å². The lowest BCUT2D eigenvalue weighted by Gasteiger charge is -2.07. The molecule has 3 rings (SSSR count). The number of hydrogen-bond donors (Lipinski definition) is 0. The highest BCUT2D eigenvalue weighted by Crippen LogP contribution is 2.43.